The van der Waals surface area contributed by atoms with Crippen LogP contribution in [-0.2, 0) is 14.3 Å². The summed E-state index contributed by atoms with van der Waals surface area (Å²) in [6, 6.07) is 0.134. The Kier molecular flexibility index (Phi) is 5.68. The fourth-order valence-electron chi connectivity index (χ4n) is 1.74. The Morgan fingerprint density at radius 2 is 2.19 bits per heavy atom. The Morgan fingerprint density at radius 1 is 1.38 bits per heavy atom. The summed E-state index contributed by atoms with van der Waals surface area (Å²) in [6.07, 6.45) is 3.10. The van der Waals surface area contributed by atoms with Gasteiger partial charge in [-0.1, -0.05) is 5.10 Å². The van der Waals surface area contributed by atoms with Crippen LogP contribution in [0.4, 0.5) is 6.01 Å². The van der Waals surface area contributed by atoms with Crippen LogP contribution in [-0.4, -0.2) is 41.8 Å². The minimum Gasteiger partial charge on any atom is -0.466 e. The van der Waals surface area contributed by atoms with Crippen LogP contribution in [0.5, 0.6) is 0 Å². The van der Waals surface area contributed by atoms with E-state index >= 15 is 0 Å². The lowest BCUT2D eigenvalue weighted by Crippen LogP contribution is -2.29. The maximum absolute atomic E-state index is 11.6. The molecule has 2 rings (SSSR count). The molecule has 2 N–H and O–H groups in total. The minimum absolute atomic E-state index is 0.129. The van der Waals surface area contributed by atoms with E-state index in [4.69, 9.17) is 9.15 Å². The second-order valence-electron chi connectivity index (χ2n) is 4.85. The van der Waals surface area contributed by atoms with Crippen molar-refractivity contribution < 1.29 is 18.7 Å². The molecule has 1 aromatic rings. The maximum atomic E-state index is 11.6. The van der Waals surface area contributed by atoms with Crippen molar-refractivity contribution in [3.8, 4) is 0 Å². The Hall–Kier alpha value is -1.96. The molecule has 1 saturated carbocycles. The average molecular weight is 296 g/mol. The fraction of sp³-hybridized carbons (Fsp3) is 0.692. The zero-order valence-corrected chi connectivity index (χ0v) is 12.1. The predicted octanol–water partition coefficient (Wildman–Crippen LogP) is 0.818. The van der Waals surface area contributed by atoms with Gasteiger partial charge in [-0.2, -0.15) is 0 Å². The highest BCUT2D eigenvalue weighted by molar-refractivity contribution is 5.90. The standard InChI is InChI=1S/C13H20N4O4/c1-2-20-11(19)4-3-7-14-8-10(18)15-13-17-16-12(21-13)9-5-6-9/h9,14H,2-8H2,1H3,(H,15,17,18). The van der Waals surface area contributed by atoms with Crippen LogP contribution in [0.25, 0.3) is 0 Å². The number of amides is 1. The third-order valence-electron chi connectivity index (χ3n) is 2.94. The van der Waals surface area contributed by atoms with Gasteiger partial charge in [0.05, 0.1) is 13.2 Å². The summed E-state index contributed by atoms with van der Waals surface area (Å²) in [5, 5.41) is 13.1. The molecule has 0 bridgehead atoms. The molecule has 0 aromatic carbocycles. The fourth-order valence-corrected chi connectivity index (χ4v) is 1.74. The van der Waals surface area contributed by atoms with Gasteiger partial charge >= 0.3 is 12.0 Å². The SMILES string of the molecule is CCOC(=O)CCCNCC(=O)Nc1nnc(C2CC2)o1. The molecule has 0 aliphatic heterocycles. The smallest absolute Gasteiger partial charge is 0.322 e. The van der Waals surface area contributed by atoms with Crippen LogP contribution in [0.2, 0.25) is 0 Å². The highest BCUT2D eigenvalue weighted by Crippen LogP contribution is 2.39. The second-order valence-corrected chi connectivity index (χ2v) is 4.85. The lowest BCUT2D eigenvalue weighted by atomic mass is 10.3. The first-order valence-electron chi connectivity index (χ1n) is 7.18. The number of anilines is 1. The lowest BCUT2D eigenvalue weighted by molar-refractivity contribution is -0.143. The summed E-state index contributed by atoms with van der Waals surface area (Å²) in [5.74, 6) is 0.483. The van der Waals surface area contributed by atoms with Gasteiger partial charge in [-0.05, 0) is 32.7 Å². The summed E-state index contributed by atoms with van der Waals surface area (Å²) in [5.41, 5.74) is 0. The molecule has 0 saturated heterocycles. The monoisotopic (exact) mass is 296 g/mol. The molecule has 1 aromatic heterocycles. The number of esters is 1. The van der Waals surface area contributed by atoms with Crippen LogP contribution in [0.1, 0.15) is 44.4 Å². The first-order valence-corrected chi connectivity index (χ1v) is 7.18. The number of nitrogens with zero attached hydrogens (tertiary/aromatic N) is 2. The number of carbonyl (C=O) groups excluding carboxylic acids is 2. The van der Waals surface area contributed by atoms with E-state index in [2.05, 4.69) is 20.8 Å². The molecule has 1 aliphatic carbocycles. The van der Waals surface area contributed by atoms with Gasteiger partial charge < -0.3 is 14.5 Å². The third kappa shape index (κ3) is 5.50. The highest BCUT2D eigenvalue weighted by atomic mass is 16.5. The van der Waals surface area contributed by atoms with Gasteiger partial charge in [0, 0.05) is 12.3 Å². The number of nitrogens with one attached hydrogen (secondary N) is 2. The zero-order chi connectivity index (χ0) is 15.1. The van der Waals surface area contributed by atoms with Gasteiger partial charge in [0.1, 0.15) is 0 Å². The van der Waals surface area contributed by atoms with E-state index in [-0.39, 0.29) is 24.4 Å². The van der Waals surface area contributed by atoms with E-state index in [0.29, 0.717) is 37.8 Å². The first-order chi connectivity index (χ1) is 10.2. The molecule has 8 nitrogen and oxygen atoms in total. The average Bonchev–Trinajstić information content (AvgIpc) is 3.20. The highest BCUT2D eigenvalue weighted by Gasteiger charge is 2.29. The van der Waals surface area contributed by atoms with E-state index in [0.717, 1.165) is 12.8 Å². The lowest BCUT2D eigenvalue weighted by Gasteiger charge is -2.04. The van der Waals surface area contributed by atoms with Crippen LogP contribution in [0, 0.1) is 0 Å². The van der Waals surface area contributed by atoms with Crippen molar-refractivity contribution in [3.63, 3.8) is 0 Å². The number of aromatic nitrogens is 2. The summed E-state index contributed by atoms with van der Waals surface area (Å²) < 4.78 is 10.1. The summed E-state index contributed by atoms with van der Waals surface area (Å²) in [6.45, 7) is 2.85. The van der Waals surface area contributed by atoms with E-state index in [9.17, 15) is 9.59 Å². The van der Waals surface area contributed by atoms with Crippen LogP contribution in [0.3, 0.4) is 0 Å². The van der Waals surface area contributed by atoms with Gasteiger partial charge in [-0.3, -0.25) is 14.9 Å². The summed E-state index contributed by atoms with van der Waals surface area (Å²) in [7, 11) is 0. The van der Waals surface area contributed by atoms with E-state index in [1.165, 1.54) is 0 Å². The third-order valence-corrected chi connectivity index (χ3v) is 2.94. The zero-order valence-electron chi connectivity index (χ0n) is 12.1. The Morgan fingerprint density at radius 3 is 2.90 bits per heavy atom. The number of hydrogen-bond acceptors (Lipinski definition) is 7. The number of rotatable bonds is 9. The molecule has 21 heavy (non-hydrogen) atoms. The molecule has 0 spiro atoms. The topological polar surface area (TPSA) is 106 Å². The van der Waals surface area contributed by atoms with Gasteiger partial charge in [0.25, 0.3) is 0 Å². The maximum Gasteiger partial charge on any atom is 0.322 e. The minimum atomic E-state index is -0.253. The number of carbonyl (C=O) groups is 2. The summed E-state index contributed by atoms with van der Waals surface area (Å²) in [4.78, 5) is 22.7. The van der Waals surface area contributed by atoms with Crippen LogP contribution >= 0.6 is 0 Å². The van der Waals surface area contributed by atoms with Gasteiger partial charge in [-0.15, -0.1) is 5.10 Å². The largest absolute Gasteiger partial charge is 0.466 e. The van der Waals surface area contributed by atoms with Crippen molar-refractivity contribution in [2.45, 2.75) is 38.5 Å². The molecule has 1 aliphatic rings. The van der Waals surface area contributed by atoms with E-state index < -0.39 is 0 Å². The van der Waals surface area contributed by atoms with Crippen molar-refractivity contribution in [2.75, 3.05) is 25.0 Å². The van der Waals surface area contributed by atoms with Crippen molar-refractivity contribution in [3.05, 3.63) is 5.89 Å². The first kappa shape index (κ1) is 15.4. The second kappa shape index (κ2) is 7.72. The molecule has 1 fully saturated rings. The van der Waals surface area contributed by atoms with Gasteiger partial charge in [-0.25, -0.2) is 0 Å². The van der Waals surface area contributed by atoms with Crippen molar-refractivity contribution in [1.82, 2.24) is 15.5 Å². The van der Waals surface area contributed by atoms with Gasteiger partial charge in [0.2, 0.25) is 11.8 Å². The molecular weight excluding hydrogens is 276 g/mol. The molecule has 1 heterocycles. The number of hydrogen-bond donors (Lipinski definition) is 2. The van der Waals surface area contributed by atoms with Crippen molar-refractivity contribution in [2.24, 2.45) is 0 Å². The Balaban J connectivity index is 1.55. The predicted molar refractivity (Wildman–Crippen MR) is 73.6 cm³/mol. The molecule has 0 radical (unpaired) electrons. The van der Waals surface area contributed by atoms with Crippen molar-refractivity contribution >= 4 is 17.9 Å². The van der Waals surface area contributed by atoms with Crippen molar-refractivity contribution in [1.29, 1.82) is 0 Å². The Bertz CT molecular complexity index is 484. The molecule has 116 valence electrons. The van der Waals surface area contributed by atoms with E-state index in [1.54, 1.807) is 6.92 Å². The molecule has 0 unspecified atom stereocenters. The van der Waals surface area contributed by atoms with Crippen LogP contribution < -0.4 is 10.6 Å². The molecule has 8 heteroatoms. The molecular formula is C13H20N4O4. The molecule has 1 amide bonds. The Labute approximate surface area is 122 Å². The molecule has 0 atom stereocenters. The van der Waals surface area contributed by atoms with E-state index in [1.807, 2.05) is 0 Å². The normalized spacial score (nSPS) is 14.0. The van der Waals surface area contributed by atoms with Crippen LogP contribution in [0.15, 0.2) is 4.42 Å². The quantitative estimate of drug-likeness (QED) is 0.513. The van der Waals surface area contributed by atoms with Gasteiger partial charge in [0.15, 0.2) is 0 Å². The number of ether oxygens (including phenoxy) is 1. The summed E-state index contributed by atoms with van der Waals surface area (Å²) >= 11 is 0.